The standard InChI is InChI=1S/C17H31N3O2/c1-3-18-8-4-6-15(18)16-7-5-9-20(16)17(21)14(2)19-10-12-22-13-11-19/h14-16H,3-13H2,1-2H3/t14-,15+,16-/m0/s1. The molecule has 3 aliphatic rings. The van der Waals surface area contributed by atoms with Crippen molar-refractivity contribution in [2.45, 2.75) is 57.7 Å². The van der Waals surface area contributed by atoms with Crippen molar-refractivity contribution in [3.63, 3.8) is 0 Å². The Bertz CT molecular complexity index is 384. The summed E-state index contributed by atoms with van der Waals surface area (Å²) in [5, 5.41) is 0. The van der Waals surface area contributed by atoms with Crippen molar-refractivity contribution < 1.29 is 9.53 Å². The highest BCUT2D eigenvalue weighted by atomic mass is 16.5. The van der Waals surface area contributed by atoms with Crippen LogP contribution in [-0.2, 0) is 9.53 Å². The summed E-state index contributed by atoms with van der Waals surface area (Å²) in [6, 6.07) is 1.03. The van der Waals surface area contributed by atoms with Gasteiger partial charge in [0.05, 0.1) is 19.3 Å². The van der Waals surface area contributed by atoms with Crippen LogP contribution in [0.4, 0.5) is 0 Å². The molecule has 3 rings (SSSR count). The predicted molar refractivity (Wildman–Crippen MR) is 86.9 cm³/mol. The molecule has 5 heteroatoms. The molecule has 0 aromatic heterocycles. The number of rotatable bonds is 4. The van der Waals surface area contributed by atoms with Crippen molar-refractivity contribution in [3.05, 3.63) is 0 Å². The van der Waals surface area contributed by atoms with Gasteiger partial charge >= 0.3 is 0 Å². The second-order valence-corrected chi connectivity index (χ2v) is 6.90. The minimum Gasteiger partial charge on any atom is -0.379 e. The predicted octanol–water partition coefficient (Wildman–Crippen LogP) is 1.18. The van der Waals surface area contributed by atoms with Crippen LogP contribution in [0.3, 0.4) is 0 Å². The van der Waals surface area contributed by atoms with Crippen molar-refractivity contribution in [2.75, 3.05) is 45.9 Å². The van der Waals surface area contributed by atoms with Gasteiger partial charge in [-0.3, -0.25) is 14.6 Å². The number of carbonyl (C=O) groups is 1. The molecule has 0 N–H and O–H groups in total. The average molecular weight is 309 g/mol. The summed E-state index contributed by atoms with van der Waals surface area (Å²) in [6.07, 6.45) is 4.90. The van der Waals surface area contributed by atoms with Gasteiger partial charge in [-0.25, -0.2) is 0 Å². The number of morpholine rings is 1. The van der Waals surface area contributed by atoms with Crippen LogP contribution in [0.2, 0.25) is 0 Å². The monoisotopic (exact) mass is 309 g/mol. The Morgan fingerprint density at radius 2 is 1.77 bits per heavy atom. The maximum Gasteiger partial charge on any atom is 0.239 e. The lowest BCUT2D eigenvalue weighted by Gasteiger charge is -2.38. The third kappa shape index (κ3) is 3.17. The molecule has 0 bridgehead atoms. The molecule has 3 fully saturated rings. The van der Waals surface area contributed by atoms with Gasteiger partial charge in [0.2, 0.25) is 5.91 Å². The largest absolute Gasteiger partial charge is 0.379 e. The van der Waals surface area contributed by atoms with E-state index in [1.807, 2.05) is 0 Å². The highest BCUT2D eigenvalue weighted by molar-refractivity contribution is 5.82. The fourth-order valence-corrected chi connectivity index (χ4v) is 4.51. The lowest BCUT2D eigenvalue weighted by atomic mass is 10.0. The molecule has 0 unspecified atom stereocenters. The minimum atomic E-state index is 0.000907. The molecule has 0 saturated carbocycles. The molecule has 22 heavy (non-hydrogen) atoms. The van der Waals surface area contributed by atoms with Crippen LogP contribution in [0.25, 0.3) is 0 Å². The summed E-state index contributed by atoms with van der Waals surface area (Å²) in [4.78, 5) is 20.1. The maximum absolute atomic E-state index is 13.0. The molecular weight excluding hydrogens is 278 g/mol. The summed E-state index contributed by atoms with van der Waals surface area (Å²) in [5.41, 5.74) is 0. The molecule has 126 valence electrons. The van der Waals surface area contributed by atoms with Crippen LogP contribution >= 0.6 is 0 Å². The highest BCUT2D eigenvalue weighted by Gasteiger charge is 2.41. The van der Waals surface area contributed by atoms with Crippen molar-refractivity contribution in [3.8, 4) is 0 Å². The summed E-state index contributed by atoms with van der Waals surface area (Å²) in [7, 11) is 0. The van der Waals surface area contributed by atoms with Crippen molar-refractivity contribution >= 4 is 5.91 Å². The molecule has 0 spiro atoms. The highest BCUT2D eigenvalue weighted by Crippen LogP contribution is 2.30. The van der Waals surface area contributed by atoms with Crippen molar-refractivity contribution in [2.24, 2.45) is 0 Å². The topological polar surface area (TPSA) is 36.0 Å². The number of amides is 1. The number of carbonyl (C=O) groups excluding carboxylic acids is 1. The van der Waals surface area contributed by atoms with Gasteiger partial charge in [0, 0.05) is 31.7 Å². The van der Waals surface area contributed by atoms with Crippen molar-refractivity contribution in [1.29, 1.82) is 0 Å². The van der Waals surface area contributed by atoms with Crippen LogP contribution in [0.15, 0.2) is 0 Å². The summed E-state index contributed by atoms with van der Waals surface area (Å²) >= 11 is 0. The molecule has 0 aliphatic carbocycles. The maximum atomic E-state index is 13.0. The quantitative estimate of drug-likeness (QED) is 0.781. The number of ether oxygens (including phenoxy) is 1. The molecule has 3 saturated heterocycles. The van der Waals surface area contributed by atoms with E-state index in [4.69, 9.17) is 4.74 Å². The van der Waals surface area contributed by atoms with E-state index in [-0.39, 0.29) is 6.04 Å². The molecule has 0 aromatic carbocycles. The Balaban J connectivity index is 1.65. The lowest BCUT2D eigenvalue weighted by Crippen LogP contribution is -2.55. The van der Waals surface area contributed by atoms with Crippen molar-refractivity contribution in [1.82, 2.24) is 14.7 Å². The zero-order chi connectivity index (χ0) is 15.5. The Labute approximate surface area is 134 Å². The zero-order valence-electron chi connectivity index (χ0n) is 14.2. The van der Waals surface area contributed by atoms with E-state index in [2.05, 4.69) is 28.5 Å². The molecular formula is C17H31N3O2. The lowest BCUT2D eigenvalue weighted by molar-refractivity contribution is -0.139. The SMILES string of the molecule is CCN1CCC[C@@H]1[C@@H]1CCCN1C(=O)[C@H](C)N1CCOCC1. The Morgan fingerprint density at radius 3 is 2.50 bits per heavy atom. The summed E-state index contributed by atoms with van der Waals surface area (Å²) < 4.78 is 5.41. The first-order chi connectivity index (χ1) is 10.7. The molecule has 3 atom stereocenters. The number of hydrogen-bond acceptors (Lipinski definition) is 4. The van der Waals surface area contributed by atoms with Gasteiger partial charge in [0.1, 0.15) is 0 Å². The first kappa shape index (κ1) is 16.2. The van der Waals surface area contributed by atoms with Gasteiger partial charge in [0.15, 0.2) is 0 Å². The number of nitrogens with zero attached hydrogens (tertiary/aromatic N) is 3. The Morgan fingerprint density at radius 1 is 1.09 bits per heavy atom. The van der Waals surface area contributed by atoms with Gasteiger partial charge in [0.25, 0.3) is 0 Å². The van der Waals surface area contributed by atoms with Gasteiger partial charge < -0.3 is 9.64 Å². The molecule has 3 aliphatic heterocycles. The fraction of sp³-hybridized carbons (Fsp3) is 0.941. The number of likely N-dealkylation sites (tertiary alicyclic amines) is 2. The van der Waals surface area contributed by atoms with Crippen LogP contribution in [0, 0.1) is 0 Å². The van der Waals surface area contributed by atoms with Crippen LogP contribution in [0.5, 0.6) is 0 Å². The zero-order valence-corrected chi connectivity index (χ0v) is 14.2. The minimum absolute atomic E-state index is 0.000907. The second kappa shape index (κ2) is 7.28. The van der Waals surface area contributed by atoms with E-state index < -0.39 is 0 Å². The number of likely N-dealkylation sites (N-methyl/N-ethyl adjacent to an activating group) is 1. The van der Waals surface area contributed by atoms with Gasteiger partial charge in [-0.05, 0) is 45.7 Å². The fourth-order valence-electron chi connectivity index (χ4n) is 4.51. The van der Waals surface area contributed by atoms with Gasteiger partial charge in [-0.15, -0.1) is 0 Å². The van der Waals surface area contributed by atoms with Crippen LogP contribution in [0.1, 0.15) is 39.5 Å². The third-order valence-corrected chi connectivity index (χ3v) is 5.80. The van der Waals surface area contributed by atoms with E-state index in [0.29, 0.717) is 18.0 Å². The van der Waals surface area contributed by atoms with Gasteiger partial charge in [-0.2, -0.15) is 0 Å². The molecule has 5 nitrogen and oxygen atoms in total. The second-order valence-electron chi connectivity index (χ2n) is 6.90. The van der Waals surface area contributed by atoms with E-state index in [9.17, 15) is 4.79 Å². The van der Waals surface area contributed by atoms with E-state index in [0.717, 1.165) is 39.4 Å². The Hall–Kier alpha value is -0.650. The first-order valence-electron chi connectivity index (χ1n) is 9.08. The normalized spacial score (nSPS) is 32.5. The number of hydrogen-bond donors (Lipinski definition) is 0. The third-order valence-electron chi connectivity index (χ3n) is 5.80. The average Bonchev–Trinajstić information content (AvgIpc) is 3.22. The van der Waals surface area contributed by atoms with E-state index in [1.165, 1.54) is 32.2 Å². The molecule has 1 amide bonds. The smallest absolute Gasteiger partial charge is 0.239 e. The first-order valence-corrected chi connectivity index (χ1v) is 9.08. The van der Waals surface area contributed by atoms with Gasteiger partial charge in [-0.1, -0.05) is 6.92 Å². The van der Waals surface area contributed by atoms with Crippen LogP contribution < -0.4 is 0 Å². The summed E-state index contributed by atoms with van der Waals surface area (Å²) in [6.45, 7) is 10.9. The van der Waals surface area contributed by atoms with E-state index >= 15 is 0 Å². The molecule has 3 heterocycles. The van der Waals surface area contributed by atoms with E-state index in [1.54, 1.807) is 0 Å². The molecule has 0 radical (unpaired) electrons. The van der Waals surface area contributed by atoms with Crippen LogP contribution in [-0.4, -0.2) is 84.7 Å². The Kier molecular flexibility index (Phi) is 5.37. The summed E-state index contributed by atoms with van der Waals surface area (Å²) in [5.74, 6) is 0.340. The molecule has 0 aromatic rings.